The van der Waals surface area contributed by atoms with Crippen LogP contribution in [0.1, 0.15) is 10.5 Å². The maximum atomic E-state index is 11.8. The van der Waals surface area contributed by atoms with Gasteiger partial charge in [-0.15, -0.1) is 0 Å². The Hall–Kier alpha value is -2.35. The molecule has 0 aliphatic rings. The van der Waals surface area contributed by atoms with Crippen LogP contribution in [0.3, 0.4) is 0 Å². The fourth-order valence-electron chi connectivity index (χ4n) is 1.58. The quantitative estimate of drug-likeness (QED) is 0.823. The smallest absolute Gasteiger partial charge is 0.269 e. The fourth-order valence-corrected chi connectivity index (χ4v) is 1.74. The monoisotopic (exact) mass is 282 g/mol. The summed E-state index contributed by atoms with van der Waals surface area (Å²) in [7, 11) is 1.56. The van der Waals surface area contributed by atoms with Gasteiger partial charge in [-0.1, -0.05) is 11.6 Å². The largest absolute Gasteiger partial charge is 0.364 e. The molecule has 0 spiro atoms. The molecule has 0 aliphatic heterocycles. The van der Waals surface area contributed by atoms with Crippen molar-refractivity contribution in [2.45, 2.75) is 6.54 Å². The molecule has 3 N–H and O–H groups in total. The highest BCUT2D eigenvalue weighted by molar-refractivity contribution is 6.30. The first-order valence-electron chi connectivity index (χ1n) is 5.27. The molecule has 0 aliphatic carbocycles. The lowest BCUT2D eigenvalue weighted by molar-refractivity contribution is -0.116. The second kappa shape index (κ2) is 5.11. The Morgan fingerprint density at radius 2 is 2.16 bits per heavy atom. The summed E-state index contributed by atoms with van der Waals surface area (Å²) >= 11 is 5.68. The number of hydrogen-bond acceptors (Lipinski definition) is 4. The minimum Gasteiger partial charge on any atom is -0.364 e. The highest BCUT2D eigenvalue weighted by atomic mass is 35.5. The van der Waals surface area contributed by atoms with Gasteiger partial charge in [-0.25, -0.2) is 0 Å². The van der Waals surface area contributed by atoms with E-state index in [1.807, 2.05) is 0 Å². The zero-order valence-electron chi connectivity index (χ0n) is 10.00. The first-order valence-corrected chi connectivity index (χ1v) is 5.65. The highest BCUT2D eigenvalue weighted by Crippen LogP contribution is 2.13. The van der Waals surface area contributed by atoms with Crippen LogP contribution in [0.15, 0.2) is 18.6 Å². The lowest BCUT2D eigenvalue weighted by atomic mass is 10.3. The minimum absolute atomic E-state index is 0.0280. The normalized spacial score (nSPS) is 10.4. The molecule has 0 bridgehead atoms. The number of aromatic nitrogens is 4. The standard InChI is InChI=1S/C10H11ClN6O2/c1-16-9(10(12)19)7(3-13-16)15-8(18)5-17-4-6(11)2-14-17/h2-4H,5H2,1H3,(H2,12,19)(H,15,18). The maximum absolute atomic E-state index is 11.8. The van der Waals surface area contributed by atoms with E-state index in [1.165, 1.54) is 28.0 Å². The van der Waals surface area contributed by atoms with E-state index in [0.717, 1.165) is 0 Å². The molecule has 2 amide bonds. The van der Waals surface area contributed by atoms with E-state index in [1.54, 1.807) is 7.05 Å². The molecule has 8 nitrogen and oxygen atoms in total. The number of rotatable bonds is 4. The first-order chi connectivity index (χ1) is 8.97. The van der Waals surface area contributed by atoms with Gasteiger partial charge in [0.1, 0.15) is 12.2 Å². The molecule has 19 heavy (non-hydrogen) atoms. The van der Waals surface area contributed by atoms with Gasteiger partial charge in [0, 0.05) is 13.2 Å². The number of nitrogens with zero attached hydrogens (tertiary/aromatic N) is 4. The number of anilines is 1. The van der Waals surface area contributed by atoms with Crippen LogP contribution in [0.2, 0.25) is 5.02 Å². The molecule has 100 valence electrons. The Balaban J connectivity index is 2.09. The number of aryl methyl sites for hydroxylation is 1. The van der Waals surface area contributed by atoms with Crippen molar-refractivity contribution in [2.24, 2.45) is 12.8 Å². The molecule has 0 unspecified atom stereocenters. The van der Waals surface area contributed by atoms with Gasteiger partial charge in [-0.05, 0) is 0 Å². The van der Waals surface area contributed by atoms with Gasteiger partial charge < -0.3 is 11.1 Å². The van der Waals surface area contributed by atoms with Gasteiger partial charge in [0.05, 0.1) is 23.1 Å². The van der Waals surface area contributed by atoms with Gasteiger partial charge in [-0.2, -0.15) is 10.2 Å². The Bertz CT molecular complexity index is 632. The maximum Gasteiger partial charge on any atom is 0.269 e. The first kappa shape index (κ1) is 13.1. The van der Waals surface area contributed by atoms with Crippen molar-refractivity contribution in [3.05, 3.63) is 29.3 Å². The topological polar surface area (TPSA) is 108 Å². The average Bonchev–Trinajstić information content (AvgIpc) is 2.85. The van der Waals surface area contributed by atoms with Crippen molar-refractivity contribution < 1.29 is 9.59 Å². The summed E-state index contributed by atoms with van der Waals surface area (Å²) in [6.45, 7) is -0.0280. The van der Waals surface area contributed by atoms with Crippen LogP contribution in [-0.4, -0.2) is 31.4 Å². The van der Waals surface area contributed by atoms with Gasteiger partial charge in [0.2, 0.25) is 5.91 Å². The summed E-state index contributed by atoms with van der Waals surface area (Å²) in [5.74, 6) is -1.03. The number of primary amides is 1. The predicted molar refractivity (Wildman–Crippen MR) is 67.6 cm³/mol. The van der Waals surface area contributed by atoms with Gasteiger partial charge >= 0.3 is 0 Å². The zero-order valence-corrected chi connectivity index (χ0v) is 10.8. The summed E-state index contributed by atoms with van der Waals surface area (Å²) in [6.07, 6.45) is 4.29. The van der Waals surface area contributed by atoms with E-state index in [0.29, 0.717) is 5.02 Å². The van der Waals surface area contributed by atoms with Gasteiger partial charge in [-0.3, -0.25) is 19.0 Å². The van der Waals surface area contributed by atoms with Crippen LogP contribution < -0.4 is 11.1 Å². The second-order valence-electron chi connectivity index (χ2n) is 3.80. The lowest BCUT2D eigenvalue weighted by Gasteiger charge is -2.05. The van der Waals surface area contributed by atoms with Crippen molar-refractivity contribution in [1.82, 2.24) is 19.6 Å². The van der Waals surface area contributed by atoms with Crippen LogP contribution in [0.4, 0.5) is 5.69 Å². The van der Waals surface area contributed by atoms with E-state index in [4.69, 9.17) is 17.3 Å². The highest BCUT2D eigenvalue weighted by Gasteiger charge is 2.16. The third kappa shape index (κ3) is 2.91. The lowest BCUT2D eigenvalue weighted by Crippen LogP contribution is -2.22. The van der Waals surface area contributed by atoms with E-state index in [-0.39, 0.29) is 23.8 Å². The van der Waals surface area contributed by atoms with Gasteiger partial charge in [0.25, 0.3) is 5.91 Å². The molecule has 2 aromatic rings. The van der Waals surface area contributed by atoms with Crippen molar-refractivity contribution in [3.8, 4) is 0 Å². The van der Waals surface area contributed by atoms with Crippen LogP contribution in [-0.2, 0) is 18.4 Å². The molecule has 0 atom stereocenters. The third-order valence-corrected chi connectivity index (χ3v) is 2.55. The Morgan fingerprint density at radius 3 is 2.74 bits per heavy atom. The number of carbonyl (C=O) groups is 2. The molecule has 2 heterocycles. The minimum atomic E-state index is -0.669. The van der Waals surface area contributed by atoms with Crippen LogP contribution in [0.5, 0.6) is 0 Å². The number of amides is 2. The van der Waals surface area contributed by atoms with E-state index < -0.39 is 5.91 Å². The van der Waals surface area contributed by atoms with Crippen molar-refractivity contribution in [1.29, 1.82) is 0 Å². The summed E-state index contributed by atoms with van der Waals surface area (Å²) in [5, 5.41) is 10.7. The number of nitrogens with one attached hydrogen (secondary N) is 1. The average molecular weight is 283 g/mol. The molecule has 9 heteroatoms. The van der Waals surface area contributed by atoms with Crippen LogP contribution in [0.25, 0.3) is 0 Å². The summed E-state index contributed by atoms with van der Waals surface area (Å²) < 4.78 is 2.67. The van der Waals surface area contributed by atoms with Crippen LogP contribution in [0, 0.1) is 0 Å². The molecular weight excluding hydrogens is 272 g/mol. The molecule has 0 saturated heterocycles. The number of halogens is 1. The molecule has 0 saturated carbocycles. The second-order valence-corrected chi connectivity index (χ2v) is 4.24. The van der Waals surface area contributed by atoms with Crippen LogP contribution >= 0.6 is 11.6 Å². The van der Waals surface area contributed by atoms with Crippen molar-refractivity contribution in [3.63, 3.8) is 0 Å². The predicted octanol–water partition coefficient (Wildman–Crippen LogP) is 0.00760. The summed E-state index contributed by atoms with van der Waals surface area (Å²) in [6, 6.07) is 0. The Labute approximate surface area is 113 Å². The molecule has 2 rings (SSSR count). The summed E-state index contributed by atoms with van der Waals surface area (Å²) in [5.41, 5.74) is 5.60. The zero-order chi connectivity index (χ0) is 14.0. The molecule has 0 fully saturated rings. The van der Waals surface area contributed by atoms with Crippen molar-refractivity contribution in [2.75, 3.05) is 5.32 Å². The molecule has 0 aromatic carbocycles. The Kier molecular flexibility index (Phi) is 3.52. The Morgan fingerprint density at radius 1 is 1.42 bits per heavy atom. The van der Waals surface area contributed by atoms with Crippen molar-refractivity contribution >= 4 is 29.1 Å². The van der Waals surface area contributed by atoms with E-state index in [2.05, 4.69) is 15.5 Å². The SMILES string of the molecule is Cn1ncc(NC(=O)Cn2cc(Cl)cn2)c1C(N)=O. The number of hydrogen-bond donors (Lipinski definition) is 2. The summed E-state index contributed by atoms with van der Waals surface area (Å²) in [4.78, 5) is 23.0. The number of nitrogens with two attached hydrogens (primary N) is 1. The fraction of sp³-hybridized carbons (Fsp3) is 0.200. The molecule has 0 radical (unpaired) electrons. The van der Waals surface area contributed by atoms with E-state index in [9.17, 15) is 9.59 Å². The third-order valence-electron chi connectivity index (χ3n) is 2.35. The molecular formula is C10H11ClN6O2. The van der Waals surface area contributed by atoms with E-state index >= 15 is 0 Å². The van der Waals surface area contributed by atoms with Gasteiger partial charge in [0.15, 0.2) is 0 Å². The number of carbonyl (C=O) groups excluding carboxylic acids is 2. The molecule has 2 aromatic heterocycles.